The molecule has 2 unspecified atom stereocenters. The molecule has 2 N–H and O–H groups in total. The van der Waals surface area contributed by atoms with Crippen molar-refractivity contribution < 1.29 is 0 Å². The lowest BCUT2D eigenvalue weighted by molar-refractivity contribution is 0.481. The van der Waals surface area contributed by atoms with Crippen LogP contribution < -0.4 is 5.73 Å². The zero-order valence-corrected chi connectivity index (χ0v) is 12.5. The summed E-state index contributed by atoms with van der Waals surface area (Å²) in [6.45, 7) is 5.59. The van der Waals surface area contributed by atoms with Crippen LogP contribution >= 0.6 is 0 Å². The second-order valence-electron chi connectivity index (χ2n) is 6.87. The summed E-state index contributed by atoms with van der Waals surface area (Å²) >= 11 is 0. The Morgan fingerprint density at radius 1 is 1.00 bits per heavy atom. The largest absolute Gasteiger partial charge is 0.330 e. The first kappa shape index (κ1) is 13.2. The highest BCUT2D eigenvalue weighted by Gasteiger charge is 2.25. The van der Waals surface area contributed by atoms with Gasteiger partial charge in [-0.05, 0) is 91.1 Å². The van der Waals surface area contributed by atoms with Crippen molar-refractivity contribution in [2.75, 3.05) is 6.54 Å². The lowest BCUT2D eigenvalue weighted by Crippen LogP contribution is -2.21. The molecule has 0 amide bonds. The highest BCUT2D eigenvalue weighted by Crippen LogP contribution is 2.36. The smallest absolute Gasteiger partial charge is 0.00365 e. The molecule has 2 aliphatic carbocycles. The molecular weight excluding hydrogens is 230 g/mol. The SMILES string of the molecule is CC1CCc2c(cc3c(c2CCN)CCC(C)C3)C1. The summed E-state index contributed by atoms with van der Waals surface area (Å²) in [6, 6.07) is 2.55. The molecule has 0 bridgehead atoms. The molecule has 0 heterocycles. The minimum atomic E-state index is 0.800. The monoisotopic (exact) mass is 257 g/mol. The fourth-order valence-electron chi connectivity index (χ4n) is 4.12. The van der Waals surface area contributed by atoms with Crippen LogP contribution in [0.3, 0.4) is 0 Å². The number of benzene rings is 1. The maximum absolute atomic E-state index is 5.88. The fourth-order valence-corrected chi connectivity index (χ4v) is 4.12. The highest BCUT2D eigenvalue weighted by atomic mass is 14.5. The highest BCUT2D eigenvalue weighted by molar-refractivity contribution is 5.49. The molecule has 0 radical (unpaired) electrons. The molecule has 2 aliphatic rings. The average Bonchev–Trinajstić information content (AvgIpc) is 2.37. The van der Waals surface area contributed by atoms with Gasteiger partial charge >= 0.3 is 0 Å². The third kappa shape index (κ3) is 2.45. The van der Waals surface area contributed by atoms with Crippen LogP contribution in [0.15, 0.2) is 6.07 Å². The second-order valence-corrected chi connectivity index (χ2v) is 6.87. The van der Waals surface area contributed by atoms with Crippen LogP contribution in [0, 0.1) is 11.8 Å². The molecule has 0 saturated heterocycles. The first-order valence-corrected chi connectivity index (χ1v) is 8.04. The molecule has 1 heteroatoms. The number of rotatable bonds is 2. The van der Waals surface area contributed by atoms with E-state index in [0.29, 0.717) is 0 Å². The van der Waals surface area contributed by atoms with Gasteiger partial charge in [0.25, 0.3) is 0 Å². The normalized spacial score (nSPS) is 25.8. The lowest BCUT2D eigenvalue weighted by Gasteiger charge is -2.31. The van der Waals surface area contributed by atoms with Crippen molar-refractivity contribution in [1.82, 2.24) is 0 Å². The number of hydrogen-bond acceptors (Lipinski definition) is 1. The Balaban J connectivity index is 2.09. The summed E-state index contributed by atoms with van der Waals surface area (Å²) in [5.74, 6) is 1.72. The van der Waals surface area contributed by atoms with Crippen molar-refractivity contribution in [1.29, 1.82) is 0 Å². The molecule has 1 aromatic carbocycles. The average molecular weight is 257 g/mol. The molecular formula is C18H27N. The van der Waals surface area contributed by atoms with Gasteiger partial charge in [0.05, 0.1) is 0 Å². The summed E-state index contributed by atoms with van der Waals surface area (Å²) in [5, 5.41) is 0. The zero-order valence-electron chi connectivity index (χ0n) is 12.5. The van der Waals surface area contributed by atoms with E-state index in [9.17, 15) is 0 Å². The van der Waals surface area contributed by atoms with Crippen molar-refractivity contribution in [2.45, 2.75) is 58.8 Å². The van der Waals surface area contributed by atoms with E-state index in [0.717, 1.165) is 24.8 Å². The quantitative estimate of drug-likeness (QED) is 0.863. The van der Waals surface area contributed by atoms with Crippen LogP contribution in [0.25, 0.3) is 0 Å². The van der Waals surface area contributed by atoms with Crippen molar-refractivity contribution in [2.24, 2.45) is 17.6 Å². The van der Waals surface area contributed by atoms with Gasteiger partial charge in [0.2, 0.25) is 0 Å². The molecule has 0 saturated carbocycles. The van der Waals surface area contributed by atoms with Crippen LogP contribution in [-0.2, 0) is 32.1 Å². The van der Waals surface area contributed by atoms with Gasteiger partial charge in [-0.25, -0.2) is 0 Å². The van der Waals surface area contributed by atoms with Crippen molar-refractivity contribution in [3.8, 4) is 0 Å². The summed E-state index contributed by atoms with van der Waals surface area (Å²) in [5.41, 5.74) is 14.2. The van der Waals surface area contributed by atoms with E-state index < -0.39 is 0 Å². The topological polar surface area (TPSA) is 26.0 Å². The Hall–Kier alpha value is -0.820. The van der Waals surface area contributed by atoms with Crippen LogP contribution in [-0.4, -0.2) is 6.54 Å². The standard InChI is InChI=1S/C18H27N/c1-12-3-5-16-14(9-12)11-15-10-13(2)4-6-17(15)18(16)7-8-19/h11-13H,3-10,19H2,1-2H3. The van der Waals surface area contributed by atoms with E-state index >= 15 is 0 Å². The molecule has 3 rings (SSSR count). The minimum Gasteiger partial charge on any atom is -0.330 e. The lowest BCUT2D eigenvalue weighted by atomic mass is 9.74. The van der Waals surface area contributed by atoms with E-state index in [-0.39, 0.29) is 0 Å². The molecule has 2 atom stereocenters. The Labute approximate surface area is 117 Å². The van der Waals surface area contributed by atoms with Crippen LogP contribution in [0.2, 0.25) is 0 Å². The van der Waals surface area contributed by atoms with Crippen molar-refractivity contribution in [3.05, 3.63) is 33.9 Å². The Kier molecular flexibility index (Phi) is 3.66. The molecule has 0 aromatic heterocycles. The Morgan fingerprint density at radius 3 is 2.00 bits per heavy atom. The van der Waals surface area contributed by atoms with E-state index in [1.54, 1.807) is 27.8 Å². The van der Waals surface area contributed by atoms with Gasteiger partial charge in [0.15, 0.2) is 0 Å². The van der Waals surface area contributed by atoms with Crippen molar-refractivity contribution in [3.63, 3.8) is 0 Å². The maximum Gasteiger partial charge on any atom is -0.00365 e. The van der Waals surface area contributed by atoms with Crippen molar-refractivity contribution >= 4 is 0 Å². The van der Waals surface area contributed by atoms with Gasteiger partial charge in [-0.1, -0.05) is 19.9 Å². The summed E-state index contributed by atoms with van der Waals surface area (Å²) in [4.78, 5) is 0. The van der Waals surface area contributed by atoms with Gasteiger partial charge in [-0.3, -0.25) is 0 Å². The summed E-state index contributed by atoms with van der Waals surface area (Å²) in [7, 11) is 0. The maximum atomic E-state index is 5.88. The van der Waals surface area contributed by atoms with Crippen LogP contribution in [0.4, 0.5) is 0 Å². The fraction of sp³-hybridized carbons (Fsp3) is 0.667. The van der Waals surface area contributed by atoms with Crippen LogP contribution in [0.1, 0.15) is 54.5 Å². The van der Waals surface area contributed by atoms with Gasteiger partial charge in [0.1, 0.15) is 0 Å². The third-order valence-electron chi connectivity index (χ3n) is 5.16. The summed E-state index contributed by atoms with van der Waals surface area (Å²) < 4.78 is 0. The number of hydrogen-bond donors (Lipinski definition) is 1. The first-order valence-electron chi connectivity index (χ1n) is 8.04. The van der Waals surface area contributed by atoms with Crippen LogP contribution in [0.5, 0.6) is 0 Å². The van der Waals surface area contributed by atoms with Gasteiger partial charge < -0.3 is 5.73 Å². The summed E-state index contributed by atoms with van der Waals surface area (Å²) in [6.07, 6.45) is 8.96. The van der Waals surface area contributed by atoms with E-state index in [2.05, 4.69) is 19.9 Å². The molecule has 1 nitrogen and oxygen atoms in total. The molecule has 0 aliphatic heterocycles. The second kappa shape index (κ2) is 5.28. The first-order chi connectivity index (χ1) is 9.19. The van der Waals surface area contributed by atoms with E-state index in [1.807, 2.05) is 0 Å². The number of nitrogens with two attached hydrogens (primary N) is 1. The Bertz CT molecular complexity index is 437. The minimum absolute atomic E-state index is 0.800. The Morgan fingerprint density at radius 2 is 1.53 bits per heavy atom. The predicted octanol–water partition coefficient (Wildman–Crippen LogP) is 3.44. The molecule has 104 valence electrons. The molecule has 0 fully saturated rings. The van der Waals surface area contributed by atoms with Gasteiger partial charge in [0, 0.05) is 0 Å². The molecule has 0 spiro atoms. The van der Waals surface area contributed by atoms with E-state index in [1.165, 1.54) is 38.5 Å². The molecule has 19 heavy (non-hydrogen) atoms. The molecule has 1 aromatic rings. The third-order valence-corrected chi connectivity index (χ3v) is 5.16. The predicted molar refractivity (Wildman–Crippen MR) is 81.6 cm³/mol. The van der Waals surface area contributed by atoms with E-state index in [4.69, 9.17) is 5.73 Å². The van der Waals surface area contributed by atoms with Gasteiger partial charge in [-0.15, -0.1) is 0 Å². The zero-order chi connectivity index (χ0) is 13.4. The van der Waals surface area contributed by atoms with Gasteiger partial charge in [-0.2, -0.15) is 0 Å². The number of fused-ring (bicyclic) bond motifs is 2.